The average Bonchev–Trinajstić information content (AvgIpc) is 3.11. The van der Waals surface area contributed by atoms with E-state index >= 15 is 0 Å². The quantitative estimate of drug-likeness (QED) is 0.579. The summed E-state index contributed by atoms with van der Waals surface area (Å²) in [5, 5.41) is 2.90. The molecule has 178 valence electrons. The molecule has 0 aliphatic heterocycles. The van der Waals surface area contributed by atoms with Crippen molar-refractivity contribution in [1.29, 1.82) is 0 Å². The van der Waals surface area contributed by atoms with Crippen LogP contribution in [0.3, 0.4) is 0 Å². The number of imidazole rings is 1. The second-order valence-electron chi connectivity index (χ2n) is 10.7. The fourth-order valence-corrected chi connectivity index (χ4v) is 7.50. The molecular weight excluding hydrogens is 454 g/mol. The molecule has 4 fully saturated rings. The molecule has 0 spiro atoms. The first-order valence-corrected chi connectivity index (χ1v) is 12.3. The van der Waals surface area contributed by atoms with Crippen molar-refractivity contribution >= 4 is 34.4 Å². The zero-order valence-electron chi connectivity index (χ0n) is 19.4. The molecule has 4 aliphatic carbocycles. The lowest BCUT2D eigenvalue weighted by Gasteiger charge is -2.57. The smallest absolute Gasteiger partial charge is 0.325 e. The normalized spacial score (nSPS) is 27.4. The summed E-state index contributed by atoms with van der Waals surface area (Å²) in [5.74, 6) is 2.33. The molecule has 0 unspecified atom stereocenters. The number of amides is 1. The van der Waals surface area contributed by atoms with Gasteiger partial charge in [0.05, 0.1) is 0 Å². The number of aryl methyl sites for hydroxylation is 1. The van der Waals surface area contributed by atoms with Crippen LogP contribution in [-0.2, 0) is 30.8 Å². The summed E-state index contributed by atoms with van der Waals surface area (Å²) in [7, 11) is 2.91. The first-order chi connectivity index (χ1) is 16.2. The van der Waals surface area contributed by atoms with Crippen LogP contribution in [-0.4, -0.2) is 24.6 Å². The maximum absolute atomic E-state index is 12.8. The predicted octanol–water partition coefficient (Wildman–Crippen LogP) is 3.19. The Balaban J connectivity index is 1.22. The number of anilines is 1. The van der Waals surface area contributed by atoms with Crippen LogP contribution in [0, 0.1) is 17.8 Å². The molecule has 34 heavy (non-hydrogen) atoms. The molecule has 2 heterocycles. The molecule has 1 amide bonds. The lowest BCUT2D eigenvalue weighted by Crippen LogP contribution is -2.48. The van der Waals surface area contributed by atoms with Gasteiger partial charge in [-0.05, 0) is 91.0 Å². The number of carbonyl (C=O) groups is 1. The number of rotatable bonds is 4. The monoisotopic (exact) mass is 481 g/mol. The summed E-state index contributed by atoms with van der Waals surface area (Å²) >= 11 is 6.24. The number of aromatic nitrogens is 4. The molecule has 4 aliphatic rings. The van der Waals surface area contributed by atoms with Crippen LogP contribution in [0.5, 0.6) is 0 Å². The summed E-state index contributed by atoms with van der Waals surface area (Å²) in [4.78, 5) is 41.8. The molecular formula is C25H28ClN5O3. The molecule has 0 radical (unpaired) electrons. The van der Waals surface area contributed by atoms with Gasteiger partial charge in [0.2, 0.25) is 11.2 Å². The van der Waals surface area contributed by atoms with E-state index in [-0.39, 0.29) is 28.9 Å². The third-order valence-corrected chi connectivity index (χ3v) is 8.71. The minimum atomic E-state index is -0.537. The van der Waals surface area contributed by atoms with Gasteiger partial charge in [0.15, 0.2) is 11.2 Å². The number of benzene rings is 1. The van der Waals surface area contributed by atoms with Gasteiger partial charge in [-0.1, -0.05) is 12.1 Å². The van der Waals surface area contributed by atoms with Crippen molar-refractivity contribution < 1.29 is 4.79 Å². The van der Waals surface area contributed by atoms with Gasteiger partial charge in [-0.15, -0.1) is 0 Å². The molecule has 2 aromatic heterocycles. The Hall–Kier alpha value is -2.87. The molecule has 7 rings (SSSR count). The molecule has 3 aromatic rings. The summed E-state index contributed by atoms with van der Waals surface area (Å²) in [6, 6.07) is 8.30. The zero-order chi connectivity index (χ0) is 23.8. The predicted molar refractivity (Wildman–Crippen MR) is 130 cm³/mol. The largest absolute Gasteiger partial charge is 0.332 e. The fraction of sp³-hybridized carbons (Fsp3) is 0.520. The van der Waals surface area contributed by atoms with E-state index in [0.717, 1.165) is 22.3 Å². The van der Waals surface area contributed by atoms with Gasteiger partial charge in [0.25, 0.3) is 5.56 Å². The topological polar surface area (TPSA) is 90.9 Å². The molecule has 0 saturated heterocycles. The van der Waals surface area contributed by atoms with Crippen LogP contribution >= 0.6 is 11.6 Å². The Bertz CT molecular complexity index is 1400. The van der Waals surface area contributed by atoms with Crippen LogP contribution in [0.1, 0.15) is 44.1 Å². The highest BCUT2D eigenvalue weighted by Gasteiger charge is 2.51. The number of hydrogen-bond acceptors (Lipinski definition) is 4. The van der Waals surface area contributed by atoms with Crippen LogP contribution in [0.2, 0.25) is 5.28 Å². The minimum absolute atomic E-state index is 0.0133. The first kappa shape index (κ1) is 21.6. The molecule has 0 atom stereocenters. The molecule has 4 bridgehead atoms. The van der Waals surface area contributed by atoms with E-state index in [9.17, 15) is 14.4 Å². The first-order valence-electron chi connectivity index (χ1n) is 12.0. The second-order valence-corrected chi connectivity index (χ2v) is 11.0. The lowest BCUT2D eigenvalue weighted by molar-refractivity contribution is -0.116. The van der Waals surface area contributed by atoms with Crippen molar-refractivity contribution in [2.45, 2.75) is 50.5 Å². The summed E-state index contributed by atoms with van der Waals surface area (Å²) in [5.41, 5.74) is 1.67. The number of fused-ring (bicyclic) bond motifs is 1. The van der Waals surface area contributed by atoms with Gasteiger partial charge in [-0.3, -0.25) is 23.3 Å². The van der Waals surface area contributed by atoms with Crippen LogP contribution in [0.25, 0.3) is 11.2 Å². The van der Waals surface area contributed by atoms with Crippen LogP contribution in [0.4, 0.5) is 5.69 Å². The molecule has 9 heteroatoms. The lowest BCUT2D eigenvalue weighted by atomic mass is 9.48. The van der Waals surface area contributed by atoms with Crippen molar-refractivity contribution in [2.75, 3.05) is 5.32 Å². The Labute approximate surface area is 201 Å². The summed E-state index contributed by atoms with van der Waals surface area (Å²) < 4.78 is 3.58. The van der Waals surface area contributed by atoms with Gasteiger partial charge in [-0.2, -0.15) is 4.98 Å². The zero-order valence-corrected chi connectivity index (χ0v) is 20.1. The van der Waals surface area contributed by atoms with E-state index in [0.29, 0.717) is 11.1 Å². The van der Waals surface area contributed by atoms with Gasteiger partial charge < -0.3 is 5.32 Å². The van der Waals surface area contributed by atoms with E-state index in [1.165, 1.54) is 67.3 Å². The molecule has 1 aromatic carbocycles. The summed E-state index contributed by atoms with van der Waals surface area (Å²) in [6.45, 7) is -0.181. The van der Waals surface area contributed by atoms with Gasteiger partial charge >= 0.3 is 5.69 Å². The second kappa shape index (κ2) is 7.57. The highest BCUT2D eigenvalue weighted by molar-refractivity contribution is 6.29. The highest BCUT2D eigenvalue weighted by atomic mass is 35.5. The van der Waals surface area contributed by atoms with E-state index < -0.39 is 11.2 Å². The number of carbonyl (C=O) groups excluding carboxylic acids is 1. The number of nitrogens with one attached hydrogen (secondary N) is 1. The molecule has 1 N–H and O–H groups in total. The number of hydrogen-bond donors (Lipinski definition) is 1. The molecule has 8 nitrogen and oxygen atoms in total. The van der Waals surface area contributed by atoms with E-state index in [1.807, 2.05) is 12.1 Å². The third kappa shape index (κ3) is 3.26. The van der Waals surface area contributed by atoms with Crippen LogP contribution < -0.4 is 16.6 Å². The maximum Gasteiger partial charge on any atom is 0.332 e. The summed E-state index contributed by atoms with van der Waals surface area (Å²) in [6.07, 6.45) is 8.14. The fourth-order valence-electron chi connectivity index (χ4n) is 7.28. The minimum Gasteiger partial charge on any atom is -0.325 e. The molecule has 4 saturated carbocycles. The number of halogens is 1. The average molecular weight is 482 g/mol. The van der Waals surface area contributed by atoms with Gasteiger partial charge in [-0.25, -0.2) is 4.79 Å². The van der Waals surface area contributed by atoms with Crippen molar-refractivity contribution in [1.82, 2.24) is 18.7 Å². The van der Waals surface area contributed by atoms with E-state index in [1.54, 1.807) is 0 Å². The SMILES string of the molecule is Cn1c(=O)c2c(nc(Cl)n2CC(=O)Nc2ccc(C34CC5CC(CC(C5)C3)C4)cc2)n(C)c1=O. The highest BCUT2D eigenvalue weighted by Crippen LogP contribution is 2.60. The Morgan fingerprint density at radius 1 is 1.03 bits per heavy atom. The Morgan fingerprint density at radius 2 is 1.62 bits per heavy atom. The van der Waals surface area contributed by atoms with Crippen molar-refractivity contribution in [3.05, 3.63) is 56.0 Å². The maximum atomic E-state index is 12.8. The number of nitrogens with zero attached hydrogens (tertiary/aromatic N) is 4. The Kier molecular flexibility index (Phi) is 4.82. The van der Waals surface area contributed by atoms with Gasteiger partial charge in [0.1, 0.15) is 6.54 Å². The standard InChI is InChI=1S/C25H28ClN5O3/c1-29-21-20(22(33)30(2)24(29)34)31(23(26)28-21)13-19(32)27-18-5-3-17(4-6-18)25-10-14-7-15(11-25)9-16(8-14)12-25/h3-6,14-16H,7-13H2,1-2H3,(H,27,32). The van der Waals surface area contributed by atoms with Crippen LogP contribution in [0.15, 0.2) is 33.9 Å². The van der Waals surface area contributed by atoms with E-state index in [2.05, 4.69) is 22.4 Å². The third-order valence-electron chi connectivity index (χ3n) is 8.42. The van der Waals surface area contributed by atoms with Crippen molar-refractivity contribution in [2.24, 2.45) is 31.8 Å². The Morgan fingerprint density at radius 3 is 2.21 bits per heavy atom. The van der Waals surface area contributed by atoms with Crippen molar-refractivity contribution in [3.8, 4) is 0 Å². The van der Waals surface area contributed by atoms with Crippen molar-refractivity contribution in [3.63, 3.8) is 0 Å². The van der Waals surface area contributed by atoms with Gasteiger partial charge in [0, 0.05) is 19.8 Å². The van der Waals surface area contributed by atoms with E-state index in [4.69, 9.17) is 11.6 Å².